The lowest BCUT2D eigenvalue weighted by Crippen LogP contribution is -2.25. The van der Waals surface area contributed by atoms with Gasteiger partial charge in [-0.3, -0.25) is 14.3 Å². The lowest BCUT2D eigenvalue weighted by atomic mass is 9.88. The molecule has 1 fully saturated rings. The van der Waals surface area contributed by atoms with E-state index in [-0.39, 0.29) is 29.8 Å². The third-order valence-corrected chi connectivity index (χ3v) is 4.61. The van der Waals surface area contributed by atoms with E-state index in [9.17, 15) is 14.0 Å². The highest BCUT2D eigenvalue weighted by Gasteiger charge is 2.22. The molecule has 0 bridgehead atoms. The second-order valence-corrected chi connectivity index (χ2v) is 6.59. The van der Waals surface area contributed by atoms with Crippen molar-refractivity contribution in [1.82, 2.24) is 9.78 Å². The Balaban J connectivity index is 1.57. The second kappa shape index (κ2) is 8.60. The van der Waals surface area contributed by atoms with Gasteiger partial charge in [-0.25, -0.2) is 4.39 Å². The summed E-state index contributed by atoms with van der Waals surface area (Å²) in [6.07, 6.45) is 8.60. The molecule has 0 aliphatic heterocycles. The zero-order valence-electron chi connectivity index (χ0n) is 14.6. The topological polar surface area (TPSA) is 76.0 Å². The number of hydrogen-bond acceptors (Lipinski definition) is 3. The van der Waals surface area contributed by atoms with Crippen LogP contribution in [0.5, 0.6) is 0 Å². The summed E-state index contributed by atoms with van der Waals surface area (Å²) >= 11 is 0. The molecule has 1 heterocycles. The minimum Gasteiger partial charge on any atom is -0.326 e. The first-order chi connectivity index (χ1) is 12.6. The Morgan fingerprint density at radius 3 is 2.73 bits per heavy atom. The van der Waals surface area contributed by atoms with Gasteiger partial charge < -0.3 is 10.6 Å². The van der Waals surface area contributed by atoms with Crippen LogP contribution in [0.2, 0.25) is 0 Å². The van der Waals surface area contributed by atoms with Crippen molar-refractivity contribution in [3.05, 3.63) is 42.5 Å². The average molecular weight is 358 g/mol. The van der Waals surface area contributed by atoms with Crippen molar-refractivity contribution in [3.8, 4) is 0 Å². The standard InChI is InChI=1S/C19H23FN4O2/c20-16-8-7-15(22-18(25)9-12-24-11-4-10-21-24)13-17(16)23-19(26)14-5-2-1-3-6-14/h4,7-8,10-11,13-14H,1-3,5-6,9,12H2,(H,22,25)(H,23,26). The van der Waals surface area contributed by atoms with E-state index in [1.54, 1.807) is 23.1 Å². The van der Waals surface area contributed by atoms with Crippen molar-refractivity contribution < 1.29 is 14.0 Å². The highest BCUT2D eigenvalue weighted by atomic mass is 19.1. The van der Waals surface area contributed by atoms with Crippen molar-refractivity contribution in [2.45, 2.75) is 45.1 Å². The van der Waals surface area contributed by atoms with Gasteiger partial charge in [0, 0.05) is 37.0 Å². The summed E-state index contributed by atoms with van der Waals surface area (Å²) in [6.45, 7) is 0.464. The molecule has 0 radical (unpaired) electrons. The van der Waals surface area contributed by atoms with E-state index in [1.807, 2.05) is 0 Å². The SMILES string of the molecule is O=C(CCn1cccn1)Nc1ccc(F)c(NC(=O)C2CCCCC2)c1. The van der Waals surface area contributed by atoms with Crippen LogP contribution in [0.4, 0.5) is 15.8 Å². The number of amides is 2. The van der Waals surface area contributed by atoms with E-state index in [1.165, 1.54) is 18.2 Å². The molecule has 0 unspecified atom stereocenters. The number of hydrogen-bond donors (Lipinski definition) is 2. The van der Waals surface area contributed by atoms with Gasteiger partial charge in [0.2, 0.25) is 11.8 Å². The third kappa shape index (κ3) is 4.91. The van der Waals surface area contributed by atoms with Gasteiger partial charge in [-0.15, -0.1) is 0 Å². The van der Waals surface area contributed by atoms with E-state index < -0.39 is 5.82 Å². The van der Waals surface area contributed by atoms with Gasteiger partial charge in [0.25, 0.3) is 0 Å². The Kier molecular flexibility index (Phi) is 5.99. The molecule has 0 saturated heterocycles. The minimum atomic E-state index is -0.510. The molecule has 1 aromatic heterocycles. The van der Waals surface area contributed by atoms with Crippen LogP contribution < -0.4 is 10.6 Å². The quantitative estimate of drug-likeness (QED) is 0.829. The van der Waals surface area contributed by atoms with Crippen LogP contribution in [0.25, 0.3) is 0 Å². The molecule has 0 spiro atoms. The summed E-state index contributed by atoms with van der Waals surface area (Å²) in [6, 6.07) is 5.98. The van der Waals surface area contributed by atoms with Gasteiger partial charge in [-0.1, -0.05) is 19.3 Å². The molecule has 2 aromatic rings. The third-order valence-electron chi connectivity index (χ3n) is 4.61. The number of nitrogens with one attached hydrogen (secondary N) is 2. The molecule has 2 N–H and O–H groups in total. The number of benzene rings is 1. The highest BCUT2D eigenvalue weighted by molar-refractivity contribution is 5.95. The molecular formula is C19H23FN4O2. The number of anilines is 2. The van der Waals surface area contributed by atoms with E-state index in [0.717, 1.165) is 32.1 Å². The molecule has 26 heavy (non-hydrogen) atoms. The maximum atomic E-state index is 14.0. The fourth-order valence-electron chi connectivity index (χ4n) is 3.17. The average Bonchev–Trinajstić information content (AvgIpc) is 3.17. The summed E-state index contributed by atoms with van der Waals surface area (Å²) in [5, 5.41) is 9.43. The molecule has 3 rings (SSSR count). The van der Waals surface area contributed by atoms with E-state index >= 15 is 0 Å². The number of carbonyl (C=O) groups excluding carboxylic acids is 2. The zero-order valence-corrected chi connectivity index (χ0v) is 14.6. The zero-order chi connectivity index (χ0) is 18.4. The lowest BCUT2D eigenvalue weighted by molar-refractivity contribution is -0.120. The van der Waals surface area contributed by atoms with E-state index in [2.05, 4.69) is 15.7 Å². The first kappa shape index (κ1) is 18.1. The number of halogens is 1. The summed E-state index contributed by atoms with van der Waals surface area (Å²) in [5.41, 5.74) is 0.557. The molecule has 1 saturated carbocycles. The maximum Gasteiger partial charge on any atom is 0.227 e. The molecular weight excluding hydrogens is 335 g/mol. The minimum absolute atomic E-state index is 0.0598. The molecule has 1 aliphatic carbocycles. The Morgan fingerprint density at radius 1 is 1.19 bits per heavy atom. The fraction of sp³-hybridized carbons (Fsp3) is 0.421. The Morgan fingerprint density at radius 2 is 2.00 bits per heavy atom. The predicted octanol–water partition coefficient (Wildman–Crippen LogP) is 3.57. The molecule has 0 atom stereocenters. The number of carbonyl (C=O) groups is 2. The second-order valence-electron chi connectivity index (χ2n) is 6.59. The highest BCUT2D eigenvalue weighted by Crippen LogP contribution is 2.26. The first-order valence-corrected chi connectivity index (χ1v) is 8.99. The molecule has 1 aliphatic rings. The van der Waals surface area contributed by atoms with Crippen LogP contribution in [0, 0.1) is 11.7 Å². The molecule has 138 valence electrons. The van der Waals surface area contributed by atoms with Gasteiger partial charge in [0.15, 0.2) is 0 Å². The van der Waals surface area contributed by atoms with Crippen molar-refractivity contribution in [1.29, 1.82) is 0 Å². The van der Waals surface area contributed by atoms with Gasteiger partial charge in [-0.2, -0.15) is 5.10 Å². The van der Waals surface area contributed by atoms with E-state index in [0.29, 0.717) is 12.2 Å². The van der Waals surface area contributed by atoms with Crippen LogP contribution in [0.1, 0.15) is 38.5 Å². The first-order valence-electron chi connectivity index (χ1n) is 8.99. The Labute approximate surface area is 151 Å². The number of nitrogens with zero attached hydrogens (tertiary/aromatic N) is 2. The summed E-state index contributed by atoms with van der Waals surface area (Å²) < 4.78 is 15.7. The summed E-state index contributed by atoms with van der Waals surface area (Å²) in [7, 11) is 0. The van der Waals surface area contributed by atoms with Gasteiger partial charge in [0.05, 0.1) is 5.69 Å². The van der Waals surface area contributed by atoms with Crippen molar-refractivity contribution >= 4 is 23.2 Å². The van der Waals surface area contributed by atoms with E-state index in [4.69, 9.17) is 0 Å². The van der Waals surface area contributed by atoms with Gasteiger partial charge in [-0.05, 0) is 37.1 Å². The number of rotatable bonds is 6. The smallest absolute Gasteiger partial charge is 0.227 e. The Hall–Kier alpha value is -2.70. The van der Waals surface area contributed by atoms with Crippen molar-refractivity contribution in [2.75, 3.05) is 10.6 Å². The monoisotopic (exact) mass is 358 g/mol. The molecule has 6 nitrogen and oxygen atoms in total. The van der Waals surface area contributed by atoms with Crippen LogP contribution in [0.3, 0.4) is 0 Å². The molecule has 7 heteroatoms. The Bertz CT molecular complexity index is 755. The van der Waals surface area contributed by atoms with Crippen LogP contribution >= 0.6 is 0 Å². The van der Waals surface area contributed by atoms with Gasteiger partial charge in [0.1, 0.15) is 5.82 Å². The summed E-state index contributed by atoms with van der Waals surface area (Å²) in [5.74, 6) is -0.915. The largest absolute Gasteiger partial charge is 0.326 e. The normalized spacial score (nSPS) is 14.8. The van der Waals surface area contributed by atoms with Crippen LogP contribution in [-0.2, 0) is 16.1 Å². The lowest BCUT2D eigenvalue weighted by Gasteiger charge is -2.21. The summed E-state index contributed by atoms with van der Waals surface area (Å²) in [4.78, 5) is 24.4. The van der Waals surface area contributed by atoms with Crippen molar-refractivity contribution in [2.24, 2.45) is 5.92 Å². The van der Waals surface area contributed by atoms with Crippen molar-refractivity contribution in [3.63, 3.8) is 0 Å². The number of aryl methyl sites for hydroxylation is 1. The van der Waals surface area contributed by atoms with Gasteiger partial charge >= 0.3 is 0 Å². The predicted molar refractivity (Wildman–Crippen MR) is 97.1 cm³/mol. The fourth-order valence-corrected chi connectivity index (χ4v) is 3.17. The molecule has 2 amide bonds. The van der Waals surface area contributed by atoms with Crippen LogP contribution in [0.15, 0.2) is 36.7 Å². The maximum absolute atomic E-state index is 14.0. The molecule has 1 aromatic carbocycles. The number of aromatic nitrogens is 2. The van der Waals surface area contributed by atoms with Crippen LogP contribution in [-0.4, -0.2) is 21.6 Å².